The highest BCUT2D eigenvalue weighted by Crippen LogP contribution is 2.41. The summed E-state index contributed by atoms with van der Waals surface area (Å²) in [6.45, 7) is 0. The average molecular weight is 440 g/mol. The summed E-state index contributed by atoms with van der Waals surface area (Å²) in [5.74, 6) is 0. The van der Waals surface area contributed by atoms with Gasteiger partial charge in [0.05, 0.1) is 27.8 Å². The molecule has 0 fully saturated rings. The van der Waals surface area contributed by atoms with Crippen molar-refractivity contribution in [2.75, 3.05) is 0 Å². The second kappa shape index (κ2) is 6.21. The van der Waals surface area contributed by atoms with Gasteiger partial charge in [0.25, 0.3) is 0 Å². The van der Waals surface area contributed by atoms with Crippen LogP contribution in [0.1, 0.15) is 0 Å². The van der Waals surface area contributed by atoms with Crippen molar-refractivity contribution in [3.8, 4) is 5.69 Å². The molecule has 0 atom stereocenters. The first-order chi connectivity index (χ1) is 16.4. The van der Waals surface area contributed by atoms with Gasteiger partial charge in [-0.3, -0.25) is 0 Å². The van der Waals surface area contributed by atoms with Crippen molar-refractivity contribution in [1.82, 2.24) is 14.2 Å². The molecule has 0 radical (unpaired) electrons. The van der Waals surface area contributed by atoms with E-state index in [1.54, 1.807) is 0 Å². The third-order valence-corrected chi connectivity index (χ3v) is 7.87. The van der Waals surface area contributed by atoms with Crippen molar-refractivity contribution in [1.29, 1.82) is 0 Å². The number of nitrogens with zero attached hydrogens (tertiary/aromatic N) is 3. The highest BCUT2D eigenvalue weighted by Gasteiger charge is 2.18. The quantitative estimate of drug-likeness (QED) is 0.254. The van der Waals surface area contributed by atoms with E-state index in [0.717, 1.165) is 16.7 Å². The second-order valence-electron chi connectivity index (χ2n) is 8.52. The minimum Gasteiger partial charge on any atom is -0.307 e. The van der Waals surface area contributed by atoms with Crippen molar-refractivity contribution >= 4 is 69.7 Å². The first-order valence-corrected chi connectivity index (χ1v) is 11.9. The number of para-hydroxylation sites is 1. The maximum absolute atomic E-state index is 4.83. The molecule has 0 aliphatic heterocycles. The Morgan fingerprint density at radius 3 is 2.30 bits per heavy atom. The first kappa shape index (κ1) is 17.4. The predicted molar refractivity (Wildman–Crippen MR) is 140 cm³/mol. The van der Waals surface area contributed by atoms with Crippen molar-refractivity contribution in [3.63, 3.8) is 0 Å². The molecule has 0 unspecified atom stereocenters. The van der Waals surface area contributed by atoms with Gasteiger partial charge in [-0.15, -0.1) is 11.3 Å². The third kappa shape index (κ3) is 2.25. The standard InChI is InChI=1S/C29H17N3S/c1-4-11-23-20(10-1)29-25(13-7-15-31(29)30-23)32-24-12-5-2-8-18(24)21-17-28-22(16-26(21)32)19-9-3-6-14-27(19)33-28/h1-17H. The van der Waals surface area contributed by atoms with E-state index in [0.29, 0.717) is 0 Å². The van der Waals surface area contributed by atoms with Crippen LogP contribution in [0.2, 0.25) is 0 Å². The summed E-state index contributed by atoms with van der Waals surface area (Å²) in [6, 6.07) is 34.9. The van der Waals surface area contributed by atoms with Crippen LogP contribution in [0, 0.1) is 0 Å². The van der Waals surface area contributed by atoms with Gasteiger partial charge in [-0.25, -0.2) is 4.52 Å². The predicted octanol–water partition coefficient (Wildman–Crippen LogP) is 7.95. The number of hydrogen-bond acceptors (Lipinski definition) is 2. The Morgan fingerprint density at radius 1 is 0.576 bits per heavy atom. The number of aromatic nitrogens is 3. The molecule has 0 aliphatic rings. The minimum absolute atomic E-state index is 1.01. The Hall–Kier alpha value is -4.15. The lowest BCUT2D eigenvalue weighted by molar-refractivity contribution is 0.971. The molecule has 0 N–H and O–H groups in total. The molecule has 0 aliphatic carbocycles. The first-order valence-electron chi connectivity index (χ1n) is 11.1. The summed E-state index contributed by atoms with van der Waals surface area (Å²) in [5, 5.41) is 11.2. The Morgan fingerprint density at radius 2 is 1.36 bits per heavy atom. The van der Waals surface area contributed by atoms with Crippen molar-refractivity contribution in [2.45, 2.75) is 0 Å². The number of pyridine rings is 1. The van der Waals surface area contributed by atoms with Crippen LogP contribution in [0.4, 0.5) is 0 Å². The van der Waals surface area contributed by atoms with Gasteiger partial charge < -0.3 is 4.57 Å². The lowest BCUT2D eigenvalue weighted by atomic mass is 10.1. The molecule has 3 nitrogen and oxygen atoms in total. The Bertz CT molecular complexity index is 2040. The topological polar surface area (TPSA) is 22.2 Å². The Labute approximate surface area is 192 Å². The van der Waals surface area contributed by atoms with Crippen LogP contribution < -0.4 is 0 Å². The number of rotatable bonds is 1. The van der Waals surface area contributed by atoms with Crippen LogP contribution in [-0.2, 0) is 0 Å². The summed E-state index contributed by atoms with van der Waals surface area (Å²) < 4.78 is 7.10. The van der Waals surface area contributed by atoms with E-state index >= 15 is 0 Å². The van der Waals surface area contributed by atoms with E-state index in [2.05, 4.69) is 95.6 Å². The monoisotopic (exact) mass is 439 g/mol. The summed E-state index contributed by atoms with van der Waals surface area (Å²) in [7, 11) is 0. The van der Waals surface area contributed by atoms with Crippen LogP contribution in [-0.4, -0.2) is 14.2 Å². The van der Waals surface area contributed by atoms with Crippen molar-refractivity contribution < 1.29 is 0 Å². The number of thiophene rings is 1. The maximum atomic E-state index is 4.83. The van der Waals surface area contributed by atoms with Gasteiger partial charge in [-0.2, -0.15) is 5.10 Å². The molecule has 4 aromatic carbocycles. The molecule has 8 rings (SSSR count). The molecule has 154 valence electrons. The van der Waals surface area contributed by atoms with Crippen LogP contribution in [0.15, 0.2) is 103 Å². The molecular weight excluding hydrogens is 422 g/mol. The molecule has 0 amide bonds. The lowest BCUT2D eigenvalue weighted by Crippen LogP contribution is -1.98. The largest absolute Gasteiger partial charge is 0.307 e. The zero-order valence-corrected chi connectivity index (χ0v) is 18.4. The average Bonchev–Trinajstić information content (AvgIpc) is 3.52. The molecule has 0 bridgehead atoms. The van der Waals surface area contributed by atoms with Crippen LogP contribution >= 0.6 is 11.3 Å². The van der Waals surface area contributed by atoms with Crippen molar-refractivity contribution in [3.05, 3.63) is 103 Å². The Balaban J connectivity index is 1.61. The van der Waals surface area contributed by atoms with E-state index in [1.807, 2.05) is 28.1 Å². The van der Waals surface area contributed by atoms with Crippen LogP contribution in [0.25, 0.3) is 64.1 Å². The van der Waals surface area contributed by atoms with Gasteiger partial charge in [0.1, 0.15) is 0 Å². The molecule has 33 heavy (non-hydrogen) atoms. The summed E-state index contributed by atoms with van der Waals surface area (Å²) in [6.07, 6.45) is 2.04. The fourth-order valence-corrected chi connectivity index (χ4v) is 6.46. The fourth-order valence-electron chi connectivity index (χ4n) is 5.34. The maximum Gasteiger partial charge on any atom is 0.0980 e. The third-order valence-electron chi connectivity index (χ3n) is 6.74. The van der Waals surface area contributed by atoms with Gasteiger partial charge in [0, 0.05) is 42.5 Å². The van der Waals surface area contributed by atoms with E-state index in [4.69, 9.17) is 5.10 Å². The van der Waals surface area contributed by atoms with Crippen LogP contribution in [0.3, 0.4) is 0 Å². The van der Waals surface area contributed by atoms with Gasteiger partial charge >= 0.3 is 0 Å². The SMILES string of the molecule is c1ccc2c(c1)nn1cccc(-n3c4ccccc4c4cc5sc6ccccc6c5cc43)c21. The van der Waals surface area contributed by atoms with Gasteiger partial charge in [0.15, 0.2) is 0 Å². The molecular formula is C29H17N3S. The van der Waals surface area contributed by atoms with E-state index < -0.39 is 0 Å². The Kier molecular flexibility index (Phi) is 3.28. The molecule has 4 heterocycles. The highest BCUT2D eigenvalue weighted by atomic mass is 32.1. The van der Waals surface area contributed by atoms with E-state index in [9.17, 15) is 0 Å². The number of hydrogen-bond donors (Lipinski definition) is 0. The van der Waals surface area contributed by atoms with Gasteiger partial charge in [-0.1, -0.05) is 54.6 Å². The normalized spacial score (nSPS) is 12.2. The molecule has 4 heteroatoms. The molecule has 4 aromatic heterocycles. The molecule has 0 saturated heterocycles. The number of benzene rings is 4. The fraction of sp³-hybridized carbons (Fsp3) is 0. The minimum atomic E-state index is 1.01. The van der Waals surface area contributed by atoms with E-state index in [1.165, 1.54) is 47.4 Å². The smallest absolute Gasteiger partial charge is 0.0980 e. The van der Waals surface area contributed by atoms with Crippen LogP contribution in [0.5, 0.6) is 0 Å². The molecule has 0 spiro atoms. The van der Waals surface area contributed by atoms with Gasteiger partial charge in [0.2, 0.25) is 0 Å². The summed E-state index contributed by atoms with van der Waals surface area (Å²) >= 11 is 1.87. The summed E-state index contributed by atoms with van der Waals surface area (Å²) in [4.78, 5) is 0. The highest BCUT2D eigenvalue weighted by molar-refractivity contribution is 7.25. The molecule has 0 saturated carbocycles. The number of fused-ring (bicyclic) bond motifs is 9. The lowest BCUT2D eigenvalue weighted by Gasteiger charge is -2.10. The van der Waals surface area contributed by atoms with E-state index in [-0.39, 0.29) is 0 Å². The van der Waals surface area contributed by atoms with Gasteiger partial charge in [-0.05, 0) is 42.5 Å². The zero-order valence-electron chi connectivity index (χ0n) is 17.6. The summed E-state index contributed by atoms with van der Waals surface area (Å²) in [5.41, 5.74) is 5.73. The second-order valence-corrected chi connectivity index (χ2v) is 9.60. The zero-order chi connectivity index (χ0) is 21.5. The molecule has 8 aromatic rings. The van der Waals surface area contributed by atoms with Crippen molar-refractivity contribution in [2.24, 2.45) is 0 Å².